The Hall–Kier alpha value is -2.58. The molecule has 1 fully saturated rings. The standard InChI is InChI=1S/C25H42N6O2/c1-5-6-12-33-19-29-20(2)31(18-25(32)28-14-24(26)27-3)17-23-9-7-8-22(13-23)16-30(4)15-21-10-11-21/h7-9,13-14,21,27H,5-6,10-12,15-19,26H2,1-4H3,(H,28,32)/b24-14+,29-20+. The lowest BCUT2D eigenvalue weighted by atomic mass is 10.1. The number of nitrogens with zero attached hydrogens (tertiary/aromatic N) is 3. The molecule has 1 amide bonds. The van der Waals surface area contributed by atoms with Gasteiger partial charge in [-0.3, -0.25) is 4.79 Å². The summed E-state index contributed by atoms with van der Waals surface area (Å²) in [5.41, 5.74) is 8.13. The first-order valence-corrected chi connectivity index (χ1v) is 11.9. The van der Waals surface area contributed by atoms with Gasteiger partial charge in [0, 0.05) is 39.5 Å². The number of ether oxygens (including phenoxy) is 1. The smallest absolute Gasteiger partial charge is 0.243 e. The van der Waals surface area contributed by atoms with E-state index in [-0.39, 0.29) is 12.5 Å². The van der Waals surface area contributed by atoms with E-state index in [1.165, 1.54) is 24.6 Å². The van der Waals surface area contributed by atoms with Gasteiger partial charge in [-0.2, -0.15) is 0 Å². The quantitative estimate of drug-likeness (QED) is 0.212. The fraction of sp³-hybridized carbons (Fsp3) is 0.600. The molecule has 2 rings (SSSR count). The Balaban J connectivity index is 2.04. The number of rotatable bonds is 15. The first-order chi connectivity index (χ1) is 15.9. The Kier molecular flexibility index (Phi) is 11.8. The lowest BCUT2D eigenvalue weighted by Gasteiger charge is -2.24. The predicted molar refractivity (Wildman–Crippen MR) is 134 cm³/mol. The van der Waals surface area contributed by atoms with E-state index in [2.05, 4.69) is 58.8 Å². The van der Waals surface area contributed by atoms with Crippen molar-refractivity contribution in [3.63, 3.8) is 0 Å². The number of carbonyl (C=O) groups is 1. The van der Waals surface area contributed by atoms with Crippen LogP contribution >= 0.6 is 0 Å². The van der Waals surface area contributed by atoms with Crippen molar-refractivity contribution < 1.29 is 9.53 Å². The van der Waals surface area contributed by atoms with Gasteiger partial charge >= 0.3 is 0 Å². The number of unbranched alkanes of at least 4 members (excludes halogenated alkanes) is 1. The summed E-state index contributed by atoms with van der Waals surface area (Å²) < 4.78 is 5.59. The number of hydrogen-bond acceptors (Lipinski definition) is 6. The molecule has 1 aliphatic carbocycles. The molecular weight excluding hydrogens is 416 g/mol. The van der Waals surface area contributed by atoms with Crippen LogP contribution in [0.3, 0.4) is 0 Å². The average Bonchev–Trinajstić information content (AvgIpc) is 3.60. The van der Waals surface area contributed by atoms with Crippen LogP contribution in [0.15, 0.2) is 41.3 Å². The third-order valence-electron chi connectivity index (χ3n) is 5.58. The minimum atomic E-state index is -0.157. The summed E-state index contributed by atoms with van der Waals surface area (Å²) >= 11 is 0. The minimum Gasteiger partial charge on any atom is -0.384 e. The van der Waals surface area contributed by atoms with Crippen molar-refractivity contribution in [3.8, 4) is 0 Å². The average molecular weight is 459 g/mol. The van der Waals surface area contributed by atoms with Crippen LogP contribution in [0.25, 0.3) is 0 Å². The molecule has 0 aromatic heterocycles. The van der Waals surface area contributed by atoms with Crippen LogP contribution in [-0.2, 0) is 22.6 Å². The summed E-state index contributed by atoms with van der Waals surface area (Å²) in [5.74, 6) is 1.88. The molecule has 33 heavy (non-hydrogen) atoms. The van der Waals surface area contributed by atoms with Crippen molar-refractivity contribution in [1.82, 2.24) is 20.4 Å². The van der Waals surface area contributed by atoms with Crippen LogP contribution in [0.1, 0.15) is 50.7 Å². The summed E-state index contributed by atoms with van der Waals surface area (Å²) in [6.07, 6.45) is 6.29. The molecule has 1 aliphatic rings. The molecule has 1 aromatic rings. The normalized spacial score (nSPS) is 14.5. The van der Waals surface area contributed by atoms with Gasteiger partial charge in [0.15, 0.2) is 0 Å². The third-order valence-corrected chi connectivity index (χ3v) is 5.58. The number of nitrogens with two attached hydrogens (primary N) is 1. The van der Waals surface area contributed by atoms with Gasteiger partial charge in [0.1, 0.15) is 12.6 Å². The lowest BCUT2D eigenvalue weighted by Crippen LogP contribution is -2.38. The number of nitrogens with one attached hydrogen (secondary N) is 2. The van der Waals surface area contributed by atoms with E-state index >= 15 is 0 Å². The topological polar surface area (TPSA) is 95.2 Å². The summed E-state index contributed by atoms with van der Waals surface area (Å²) in [5, 5.41) is 5.51. The van der Waals surface area contributed by atoms with Crippen LogP contribution < -0.4 is 16.4 Å². The van der Waals surface area contributed by atoms with Gasteiger partial charge in [0.2, 0.25) is 5.91 Å². The minimum absolute atomic E-state index is 0.157. The summed E-state index contributed by atoms with van der Waals surface area (Å²) in [6.45, 7) is 7.88. The van der Waals surface area contributed by atoms with E-state index in [1.54, 1.807) is 7.05 Å². The van der Waals surface area contributed by atoms with Crippen molar-refractivity contribution in [3.05, 3.63) is 47.4 Å². The van der Waals surface area contributed by atoms with E-state index < -0.39 is 0 Å². The molecule has 1 aromatic carbocycles. The highest BCUT2D eigenvalue weighted by molar-refractivity contribution is 5.86. The maximum Gasteiger partial charge on any atom is 0.243 e. The molecule has 184 valence electrons. The van der Waals surface area contributed by atoms with Gasteiger partial charge in [0.25, 0.3) is 0 Å². The Morgan fingerprint density at radius 2 is 2.03 bits per heavy atom. The number of hydrogen-bond donors (Lipinski definition) is 3. The van der Waals surface area contributed by atoms with E-state index in [0.29, 0.717) is 25.7 Å². The van der Waals surface area contributed by atoms with E-state index in [4.69, 9.17) is 10.5 Å². The van der Waals surface area contributed by atoms with Gasteiger partial charge < -0.3 is 30.9 Å². The third kappa shape index (κ3) is 11.2. The Bertz CT molecular complexity index is 791. The van der Waals surface area contributed by atoms with Crippen LogP contribution in [0.5, 0.6) is 0 Å². The van der Waals surface area contributed by atoms with Crippen molar-refractivity contribution in [1.29, 1.82) is 0 Å². The van der Waals surface area contributed by atoms with Gasteiger partial charge in [-0.05, 0) is 50.3 Å². The molecule has 0 spiro atoms. The van der Waals surface area contributed by atoms with Gasteiger partial charge in [-0.1, -0.05) is 37.6 Å². The molecule has 0 bridgehead atoms. The Morgan fingerprint density at radius 1 is 1.30 bits per heavy atom. The molecule has 4 N–H and O–H groups in total. The van der Waals surface area contributed by atoms with Crippen LogP contribution in [0.4, 0.5) is 0 Å². The Labute approximate surface area is 199 Å². The number of aliphatic imine (C=N–C) groups is 1. The van der Waals surface area contributed by atoms with Gasteiger partial charge in [-0.15, -0.1) is 0 Å². The molecule has 0 saturated heterocycles. The zero-order chi connectivity index (χ0) is 24.1. The fourth-order valence-electron chi connectivity index (χ4n) is 3.45. The molecule has 0 heterocycles. The van der Waals surface area contributed by atoms with Crippen molar-refractivity contribution >= 4 is 11.7 Å². The number of carbonyl (C=O) groups excluding carboxylic acids is 1. The van der Waals surface area contributed by atoms with Crippen LogP contribution in [-0.4, -0.2) is 62.1 Å². The van der Waals surface area contributed by atoms with Crippen molar-refractivity contribution in [2.45, 2.75) is 52.6 Å². The van der Waals surface area contributed by atoms with E-state index in [9.17, 15) is 4.79 Å². The number of benzene rings is 1. The first kappa shape index (κ1) is 26.7. The number of amidine groups is 1. The zero-order valence-corrected chi connectivity index (χ0v) is 20.8. The molecular formula is C25H42N6O2. The summed E-state index contributed by atoms with van der Waals surface area (Å²) in [4.78, 5) is 21.4. The highest BCUT2D eigenvalue weighted by Crippen LogP contribution is 2.29. The fourth-order valence-corrected chi connectivity index (χ4v) is 3.45. The highest BCUT2D eigenvalue weighted by atomic mass is 16.5. The molecule has 0 radical (unpaired) electrons. The SMILES string of the molecule is CCCCOC/N=C(\C)N(CC(=O)N/C=C(\N)NC)Cc1cccc(CN(C)CC2CC2)c1. The molecule has 1 saturated carbocycles. The second kappa shape index (κ2) is 14.5. The zero-order valence-electron chi connectivity index (χ0n) is 20.8. The first-order valence-electron chi connectivity index (χ1n) is 11.9. The van der Waals surface area contributed by atoms with Crippen LogP contribution in [0.2, 0.25) is 0 Å². The summed E-state index contributed by atoms with van der Waals surface area (Å²) in [7, 11) is 3.88. The Morgan fingerprint density at radius 3 is 2.70 bits per heavy atom. The molecule has 8 heteroatoms. The van der Waals surface area contributed by atoms with Crippen molar-refractivity contribution in [2.24, 2.45) is 16.6 Å². The van der Waals surface area contributed by atoms with E-state index in [1.807, 2.05) is 11.8 Å². The van der Waals surface area contributed by atoms with Gasteiger partial charge in [-0.25, -0.2) is 4.99 Å². The van der Waals surface area contributed by atoms with Crippen molar-refractivity contribution in [2.75, 3.05) is 40.5 Å². The second-order valence-electron chi connectivity index (χ2n) is 8.83. The highest BCUT2D eigenvalue weighted by Gasteiger charge is 2.22. The monoisotopic (exact) mass is 458 g/mol. The maximum absolute atomic E-state index is 12.5. The predicted octanol–water partition coefficient (Wildman–Crippen LogP) is 2.62. The second-order valence-corrected chi connectivity index (χ2v) is 8.83. The van der Waals surface area contributed by atoms with Gasteiger partial charge in [0.05, 0.1) is 12.4 Å². The lowest BCUT2D eigenvalue weighted by molar-refractivity contribution is -0.120. The largest absolute Gasteiger partial charge is 0.384 e. The summed E-state index contributed by atoms with van der Waals surface area (Å²) in [6, 6.07) is 8.57. The number of amides is 1. The van der Waals surface area contributed by atoms with E-state index in [0.717, 1.165) is 43.2 Å². The molecule has 0 aliphatic heterocycles. The molecule has 8 nitrogen and oxygen atoms in total. The molecule has 0 unspecified atom stereocenters. The molecule has 0 atom stereocenters. The van der Waals surface area contributed by atoms with Crippen LogP contribution in [0, 0.1) is 5.92 Å². The maximum atomic E-state index is 12.5.